The van der Waals surface area contributed by atoms with Crippen LogP contribution in [-0.4, -0.2) is 344 Å². The van der Waals surface area contributed by atoms with E-state index in [0.29, 0.717) is 34.6 Å². The summed E-state index contributed by atoms with van der Waals surface area (Å²) < 4.78 is 69.9. The van der Waals surface area contributed by atoms with Crippen molar-refractivity contribution < 1.29 is 105 Å². The number of likely N-dealkylation sites (tertiary alicyclic amines) is 2. The fraction of sp³-hybridized carbons (Fsp3) is 0.519. The van der Waals surface area contributed by atoms with Crippen molar-refractivity contribution in [3.05, 3.63) is 105 Å². The molecule has 0 aliphatic carbocycles. The summed E-state index contributed by atoms with van der Waals surface area (Å²) in [6, 6.07) is 19.3. The number of nitrogens with zero attached hydrogens (tertiary/aromatic N) is 14. The number of hydrogen-bond acceptors (Lipinski definition) is 22. The Bertz CT molecular complexity index is 4320. The Labute approximate surface area is 690 Å². The molecule has 5 aromatic rings. The predicted octanol–water partition coefficient (Wildman–Crippen LogP) is 3.44. The number of halogens is 5. The number of fused-ring (bicyclic) bond motifs is 2. The zero-order chi connectivity index (χ0) is 85.2. The Balaban J connectivity index is 0.924. The van der Waals surface area contributed by atoms with Gasteiger partial charge in [-0.25, -0.2) is 17.6 Å². The molecule has 4 saturated heterocycles. The van der Waals surface area contributed by atoms with Gasteiger partial charge in [-0.3, -0.25) is 87.1 Å². The average Bonchev–Trinajstić information content (AvgIpc) is 1.70. The number of aromatic nitrogens is 2. The van der Waals surface area contributed by atoms with Gasteiger partial charge in [0.15, 0.2) is 0 Å². The Hall–Kier alpha value is -11.0. The van der Waals surface area contributed by atoms with Crippen LogP contribution in [0.15, 0.2) is 85.2 Å². The lowest BCUT2D eigenvalue weighted by Crippen LogP contribution is -2.52. The number of pyridine rings is 2. The Morgan fingerprint density at radius 3 is 1.21 bits per heavy atom. The van der Waals surface area contributed by atoms with Crippen LogP contribution in [0.25, 0.3) is 21.8 Å². The lowest BCUT2D eigenvalue weighted by molar-refractivity contribution is -0.146. The molecule has 2 aromatic heterocycles. The van der Waals surface area contributed by atoms with Crippen LogP contribution in [0.4, 0.5) is 17.6 Å². The molecule has 34 nitrogen and oxygen atoms in total. The number of benzene rings is 3. The number of aliphatic carboxylic acids is 4. The van der Waals surface area contributed by atoms with Crippen molar-refractivity contribution in [3.8, 4) is 23.6 Å². The second kappa shape index (κ2) is 43.4. The third-order valence-corrected chi connectivity index (χ3v) is 21.6. The van der Waals surface area contributed by atoms with E-state index in [-0.39, 0.29) is 185 Å². The van der Waals surface area contributed by atoms with Gasteiger partial charge in [0, 0.05) is 170 Å². The molecule has 4 fully saturated rings. The number of rotatable bonds is 31. The first kappa shape index (κ1) is 90.9. The predicted molar refractivity (Wildman–Crippen MR) is 422 cm³/mol. The standard InChI is InChI=1S/C79H95F4IN16O18/c80-78(81)42-55(44-85)99(51-78)70(105)46-89-75(113)59-18-20-87-63-14-12-57(40-61(59)63)117-38-2-6-67(102)96-32-30-95(66(101)5-1-4-53-8-10-54(84)11-9-53)31-33-97(68(103)7-3-39-118-58-13-15-64-62(41-58)60(19-21-88-64)76(114)90-47-71(106)100-52-79(82,83)43-56(100)45-86)35-37-98(36-34-96)69(104)17-16-65(77(115)116)94-28-26-92(49-73(109)110)24-22-91(48-72(107)108)23-25-93(27-29-94)50-74(111)112/h8-15,18-21,40-41,55-56,65H,1-7,16-17,22-39,42-43,46-52H2,(H,89,113)(H,90,114)(H,107,108)(H,109,110)(H,111,112)(H,115,116)/t55-,56-,65?/m0/s1. The molecule has 3 aromatic carbocycles. The number of amides is 8. The van der Waals surface area contributed by atoms with E-state index in [2.05, 4.69) is 43.2 Å². The number of ether oxygens (including phenoxy) is 2. The molecule has 39 heteroatoms. The highest BCUT2D eigenvalue weighted by Crippen LogP contribution is 2.34. The molecule has 0 spiro atoms. The van der Waals surface area contributed by atoms with Crippen molar-refractivity contribution in [1.82, 2.24) is 69.6 Å². The van der Waals surface area contributed by atoms with Crippen LogP contribution in [0.1, 0.15) is 90.5 Å². The minimum atomic E-state index is -3.27. The minimum absolute atomic E-state index is 0.0195. The molecule has 4 aliphatic rings. The van der Waals surface area contributed by atoms with Crippen LogP contribution >= 0.6 is 22.6 Å². The first-order chi connectivity index (χ1) is 56.3. The number of hydrogen-bond donors (Lipinski definition) is 6. The summed E-state index contributed by atoms with van der Waals surface area (Å²) in [7, 11) is 0. The molecule has 0 radical (unpaired) electrons. The highest BCUT2D eigenvalue weighted by Gasteiger charge is 2.48. The summed E-state index contributed by atoms with van der Waals surface area (Å²) >= 11 is 2.20. The van der Waals surface area contributed by atoms with Crippen LogP contribution in [0.2, 0.25) is 0 Å². The smallest absolute Gasteiger partial charge is 0.320 e. The van der Waals surface area contributed by atoms with Crippen molar-refractivity contribution in [3.63, 3.8) is 0 Å². The van der Waals surface area contributed by atoms with Gasteiger partial charge in [0.25, 0.3) is 23.7 Å². The van der Waals surface area contributed by atoms with E-state index in [9.17, 15) is 101 Å². The molecule has 4 aliphatic heterocycles. The highest BCUT2D eigenvalue weighted by atomic mass is 127. The van der Waals surface area contributed by atoms with Gasteiger partial charge in [0.05, 0.1) is 93.3 Å². The van der Waals surface area contributed by atoms with Crippen molar-refractivity contribution in [2.24, 2.45) is 0 Å². The maximum atomic E-state index is 15.1. The first-order valence-corrected chi connectivity index (χ1v) is 39.8. The topological polar surface area (TPSA) is 434 Å². The molecule has 0 bridgehead atoms. The van der Waals surface area contributed by atoms with Gasteiger partial charge in [0.1, 0.15) is 29.6 Å². The number of carboxylic acids is 4. The first-order valence-electron chi connectivity index (χ1n) is 38.7. The van der Waals surface area contributed by atoms with Gasteiger partial charge < -0.3 is 69.9 Å². The highest BCUT2D eigenvalue weighted by molar-refractivity contribution is 14.1. The van der Waals surface area contributed by atoms with Crippen molar-refractivity contribution >= 4 is 116 Å². The molecular formula is C79H95F4IN16O18. The second-order valence-corrected chi connectivity index (χ2v) is 30.5. The molecule has 118 heavy (non-hydrogen) atoms. The third-order valence-electron chi connectivity index (χ3n) is 20.8. The molecule has 1 unspecified atom stereocenters. The van der Waals surface area contributed by atoms with E-state index < -0.39 is 160 Å². The zero-order valence-electron chi connectivity index (χ0n) is 64.9. The summed E-state index contributed by atoms with van der Waals surface area (Å²) in [6.45, 7) is -5.40. The number of nitriles is 2. The normalized spacial score (nSPS) is 18.5. The van der Waals surface area contributed by atoms with E-state index in [4.69, 9.17) is 9.47 Å². The van der Waals surface area contributed by atoms with E-state index in [1.807, 2.05) is 24.3 Å². The number of nitrogens with one attached hydrogen (secondary N) is 2. The van der Waals surface area contributed by atoms with Gasteiger partial charge in [-0.15, -0.1) is 0 Å². The van der Waals surface area contributed by atoms with Gasteiger partial charge in [-0.05, 0) is 121 Å². The average molecular weight is 1760 g/mol. The molecule has 8 amide bonds. The number of alkyl halides is 4. The molecule has 6 N–H and O–H groups in total. The fourth-order valence-corrected chi connectivity index (χ4v) is 14.9. The number of aryl methyl sites for hydroxylation is 1. The van der Waals surface area contributed by atoms with E-state index in [1.165, 1.54) is 66.1 Å². The van der Waals surface area contributed by atoms with Crippen molar-refractivity contribution in [2.45, 2.75) is 101 Å². The van der Waals surface area contributed by atoms with Crippen molar-refractivity contribution in [2.75, 3.05) is 164 Å². The summed E-state index contributed by atoms with van der Waals surface area (Å²) in [5, 5.41) is 64.8. The Morgan fingerprint density at radius 1 is 0.483 bits per heavy atom. The molecule has 6 heterocycles. The van der Waals surface area contributed by atoms with Crippen LogP contribution in [0.3, 0.4) is 0 Å². The summed E-state index contributed by atoms with van der Waals surface area (Å²) in [6.07, 6.45) is 1.43. The molecule has 3 atom stereocenters. The van der Waals surface area contributed by atoms with Crippen LogP contribution in [0.5, 0.6) is 11.5 Å². The maximum Gasteiger partial charge on any atom is 0.320 e. The van der Waals surface area contributed by atoms with Crippen molar-refractivity contribution in [1.29, 1.82) is 10.5 Å². The molecular weight excluding hydrogens is 1660 g/mol. The zero-order valence-corrected chi connectivity index (χ0v) is 67.1. The lowest BCUT2D eigenvalue weighted by Gasteiger charge is -2.36. The largest absolute Gasteiger partial charge is 0.494 e. The van der Waals surface area contributed by atoms with E-state index in [0.717, 1.165) is 18.9 Å². The quantitative estimate of drug-likeness (QED) is 0.0210. The summed E-state index contributed by atoms with van der Waals surface area (Å²) in [5.41, 5.74) is 1.86. The lowest BCUT2D eigenvalue weighted by atomic mass is 10.1. The number of carboxylic acid groups (broad SMARTS) is 4. The second-order valence-electron chi connectivity index (χ2n) is 29.2. The van der Waals surface area contributed by atoms with Gasteiger partial charge in [0.2, 0.25) is 35.4 Å². The Kier molecular flexibility index (Phi) is 33.5. The number of carbonyl (C=O) groups is 12. The Morgan fingerprint density at radius 2 is 0.847 bits per heavy atom. The summed E-state index contributed by atoms with van der Waals surface area (Å²) in [4.78, 5) is 184. The fourth-order valence-electron chi connectivity index (χ4n) is 14.5. The molecule has 634 valence electrons. The monoisotopic (exact) mass is 1760 g/mol. The third kappa shape index (κ3) is 27.3. The van der Waals surface area contributed by atoms with Crippen LogP contribution in [0, 0.1) is 26.2 Å². The number of carbonyl (C=O) groups excluding carboxylic acids is 8. The molecule has 0 saturated carbocycles. The van der Waals surface area contributed by atoms with E-state index >= 15 is 4.79 Å². The summed E-state index contributed by atoms with van der Waals surface area (Å²) in [5.74, 6) is -15.8. The van der Waals surface area contributed by atoms with Gasteiger partial charge >= 0.3 is 23.9 Å². The minimum Gasteiger partial charge on any atom is -0.494 e. The van der Waals surface area contributed by atoms with Gasteiger partial charge in [-0.2, -0.15) is 10.5 Å². The maximum absolute atomic E-state index is 15.1. The molecule has 9 rings (SSSR count). The van der Waals surface area contributed by atoms with E-state index in [1.54, 1.807) is 46.2 Å². The van der Waals surface area contributed by atoms with Crippen LogP contribution in [-0.2, 0) is 54.4 Å². The van der Waals surface area contributed by atoms with Crippen LogP contribution < -0.4 is 20.1 Å². The van der Waals surface area contributed by atoms with Gasteiger partial charge in [-0.1, -0.05) is 12.1 Å². The SMILES string of the molecule is N#C[C@@H]1CC(F)(F)CN1C(=O)CNC(=O)c1ccnc2ccc(OCCCC(=O)N3CCN(C(=O)CCCc4ccc(I)cc4)CCN(C(=O)CCCOc4ccc5nccc(C(=O)NCC(=O)N6CC(F)(F)C[C@H]6C#N)c5c4)CCN(C(=O)CCC(C(=O)O)N4CCN(CC(=O)O)CCN(CC(=O)O)CCN(CC(=O)O)CC4)CC3)cc12.